The Morgan fingerprint density at radius 3 is 2.26 bits per heavy atom. The summed E-state index contributed by atoms with van der Waals surface area (Å²) in [5, 5.41) is 23.9. The van der Waals surface area contributed by atoms with Gasteiger partial charge in [-0.3, -0.25) is 8.98 Å². The monoisotopic (exact) mass is 575 g/mol. The number of para-hydroxylation sites is 1. The van der Waals surface area contributed by atoms with Crippen LogP contribution in [0.15, 0.2) is 24.3 Å². The quantitative estimate of drug-likeness (QED) is 0.120. The zero-order valence-corrected chi connectivity index (χ0v) is 23.7. The molecule has 220 valence electrons. The molecule has 13 nitrogen and oxygen atoms in total. The number of benzene rings is 1. The number of hydrogen-bond acceptors (Lipinski definition) is 11. The van der Waals surface area contributed by atoms with Crippen LogP contribution in [-0.4, -0.2) is 79.8 Å². The molecule has 2 atom stereocenters. The second-order valence-electron chi connectivity index (χ2n) is 9.67. The second kappa shape index (κ2) is 14.2. The minimum Gasteiger partial charge on any atom is -0.479 e. The van der Waals surface area contributed by atoms with E-state index in [0.29, 0.717) is 0 Å². The number of carboxylic acid groups (broad SMARTS) is 1. The predicted molar refractivity (Wildman–Crippen MR) is 138 cm³/mol. The van der Waals surface area contributed by atoms with Crippen molar-refractivity contribution < 1.29 is 56.2 Å². The first-order chi connectivity index (χ1) is 18.0. The molecule has 1 aromatic rings. The highest BCUT2D eigenvalue weighted by molar-refractivity contribution is 7.86. The maximum absolute atomic E-state index is 12.7. The lowest BCUT2D eigenvalue weighted by molar-refractivity contribution is -0.205. The molecule has 0 aliphatic carbocycles. The molecule has 3 N–H and O–H groups in total. The standard InChI is InChI=1S/C25H37NO12S/c1-7-35-21(28)18-11-8-9-12-19(18)37-23(31)38-20(16(2)3)25(32,22(29)30)24(5,6)15-36-39(33,34)14-10-13-26-17(4)27/h8-9,11-12,16,20,32H,7,10,13-15H2,1-6H3,(H,26,27)(H,29,30)/t20?,25-/m1/s1. The van der Waals surface area contributed by atoms with Gasteiger partial charge in [0.05, 0.1) is 19.0 Å². The number of carbonyl (C=O) groups excluding carboxylic acids is 3. The van der Waals surface area contributed by atoms with E-state index in [2.05, 4.69) is 5.32 Å². The number of amides is 1. The minimum atomic E-state index is -4.16. The van der Waals surface area contributed by atoms with Gasteiger partial charge in [0.25, 0.3) is 10.1 Å². The number of nitrogens with one attached hydrogen (secondary N) is 1. The van der Waals surface area contributed by atoms with Crippen LogP contribution in [0, 0.1) is 11.3 Å². The third-order valence-corrected chi connectivity index (χ3v) is 6.98. The average molecular weight is 576 g/mol. The summed E-state index contributed by atoms with van der Waals surface area (Å²) in [5.74, 6) is -4.37. The summed E-state index contributed by atoms with van der Waals surface area (Å²) < 4.78 is 45.0. The fourth-order valence-electron chi connectivity index (χ4n) is 3.57. The molecule has 0 aliphatic heterocycles. The van der Waals surface area contributed by atoms with Gasteiger partial charge in [0.1, 0.15) is 17.4 Å². The van der Waals surface area contributed by atoms with Gasteiger partial charge in [-0.2, -0.15) is 8.42 Å². The number of aliphatic hydroxyl groups is 1. The van der Waals surface area contributed by atoms with Gasteiger partial charge in [-0.25, -0.2) is 14.4 Å². The van der Waals surface area contributed by atoms with Crippen molar-refractivity contribution in [1.82, 2.24) is 5.32 Å². The Kier molecular flexibility index (Phi) is 12.3. The van der Waals surface area contributed by atoms with Gasteiger partial charge in [-0.05, 0) is 31.4 Å². The summed E-state index contributed by atoms with van der Waals surface area (Å²) in [6.45, 7) is 7.71. The van der Waals surface area contributed by atoms with E-state index < -0.39 is 63.6 Å². The number of ether oxygens (including phenoxy) is 3. The van der Waals surface area contributed by atoms with E-state index >= 15 is 0 Å². The third kappa shape index (κ3) is 9.48. The smallest absolute Gasteiger partial charge is 0.479 e. The van der Waals surface area contributed by atoms with E-state index in [-0.39, 0.29) is 36.8 Å². The lowest BCUT2D eigenvalue weighted by Gasteiger charge is -2.44. The molecule has 0 saturated heterocycles. The van der Waals surface area contributed by atoms with Crippen molar-refractivity contribution in [1.29, 1.82) is 0 Å². The molecule has 0 heterocycles. The molecule has 0 aliphatic rings. The van der Waals surface area contributed by atoms with Crippen LogP contribution in [0.5, 0.6) is 5.75 Å². The van der Waals surface area contributed by atoms with Crippen molar-refractivity contribution in [2.24, 2.45) is 11.3 Å². The van der Waals surface area contributed by atoms with Crippen molar-refractivity contribution in [3.8, 4) is 5.75 Å². The van der Waals surface area contributed by atoms with Crippen molar-refractivity contribution >= 4 is 34.1 Å². The van der Waals surface area contributed by atoms with Gasteiger partial charge < -0.3 is 29.7 Å². The molecule has 0 saturated carbocycles. The van der Waals surface area contributed by atoms with Gasteiger partial charge in [-0.1, -0.05) is 39.8 Å². The maximum atomic E-state index is 12.7. The van der Waals surface area contributed by atoms with Crippen LogP contribution >= 0.6 is 0 Å². The van der Waals surface area contributed by atoms with Crippen LogP contribution in [0.25, 0.3) is 0 Å². The molecule has 1 amide bonds. The SMILES string of the molecule is CCOC(=O)c1ccccc1OC(=O)OC(C(C)C)[C@@](O)(C(=O)O)C(C)(C)COS(=O)(=O)CCCNC(C)=O. The molecule has 1 unspecified atom stereocenters. The number of carbonyl (C=O) groups is 4. The Hall–Kier alpha value is -3.23. The molecule has 14 heteroatoms. The lowest BCUT2D eigenvalue weighted by Crippen LogP contribution is -2.64. The number of hydrogen-bond donors (Lipinski definition) is 3. The molecule has 0 radical (unpaired) electrons. The van der Waals surface area contributed by atoms with Crippen LogP contribution in [-0.2, 0) is 33.4 Å². The topological polar surface area (TPSA) is 192 Å². The maximum Gasteiger partial charge on any atom is 0.514 e. The summed E-state index contributed by atoms with van der Waals surface area (Å²) in [7, 11) is -4.16. The highest BCUT2D eigenvalue weighted by Gasteiger charge is 2.59. The Bertz CT molecular complexity index is 1130. The molecule has 1 rings (SSSR count). The third-order valence-electron chi connectivity index (χ3n) is 5.72. The normalized spacial score (nSPS) is 14.2. The largest absolute Gasteiger partial charge is 0.514 e. The van der Waals surface area contributed by atoms with Crippen molar-refractivity contribution in [2.75, 3.05) is 25.5 Å². The second-order valence-corrected chi connectivity index (χ2v) is 11.4. The van der Waals surface area contributed by atoms with E-state index in [1.165, 1.54) is 58.9 Å². The lowest BCUT2D eigenvalue weighted by atomic mass is 9.69. The summed E-state index contributed by atoms with van der Waals surface area (Å²) in [4.78, 5) is 48.2. The summed E-state index contributed by atoms with van der Waals surface area (Å²) in [6.07, 6.45) is -3.10. The molecule has 0 spiro atoms. The summed E-state index contributed by atoms with van der Waals surface area (Å²) in [6, 6.07) is 5.65. The zero-order chi connectivity index (χ0) is 30.0. The van der Waals surface area contributed by atoms with E-state index in [1.807, 2.05) is 0 Å². The zero-order valence-electron chi connectivity index (χ0n) is 22.9. The first-order valence-corrected chi connectivity index (χ1v) is 13.8. The van der Waals surface area contributed by atoms with Crippen molar-refractivity contribution in [3.63, 3.8) is 0 Å². The Balaban J connectivity index is 3.14. The summed E-state index contributed by atoms with van der Waals surface area (Å²) >= 11 is 0. The molecule has 1 aromatic carbocycles. The predicted octanol–water partition coefficient (Wildman–Crippen LogP) is 2.12. The van der Waals surface area contributed by atoms with Crippen LogP contribution in [0.4, 0.5) is 4.79 Å². The van der Waals surface area contributed by atoms with Gasteiger partial charge in [0.2, 0.25) is 11.5 Å². The van der Waals surface area contributed by atoms with Crippen molar-refractivity contribution in [2.45, 2.75) is 59.7 Å². The first kappa shape index (κ1) is 33.8. The highest BCUT2D eigenvalue weighted by Crippen LogP contribution is 2.39. The number of carboxylic acids is 1. The average Bonchev–Trinajstić information content (AvgIpc) is 2.83. The van der Waals surface area contributed by atoms with E-state index in [9.17, 15) is 37.8 Å². The fraction of sp³-hybridized carbons (Fsp3) is 0.600. The van der Waals surface area contributed by atoms with Gasteiger partial charge in [0.15, 0.2) is 0 Å². The Morgan fingerprint density at radius 2 is 1.72 bits per heavy atom. The van der Waals surface area contributed by atoms with Gasteiger partial charge >= 0.3 is 18.1 Å². The van der Waals surface area contributed by atoms with E-state index in [1.54, 1.807) is 6.92 Å². The van der Waals surface area contributed by atoms with E-state index in [4.69, 9.17) is 18.4 Å². The molecule has 0 fully saturated rings. The van der Waals surface area contributed by atoms with Gasteiger partial charge in [0, 0.05) is 18.9 Å². The van der Waals surface area contributed by atoms with Crippen LogP contribution in [0.3, 0.4) is 0 Å². The van der Waals surface area contributed by atoms with Gasteiger partial charge in [-0.15, -0.1) is 0 Å². The van der Waals surface area contributed by atoms with Crippen molar-refractivity contribution in [3.05, 3.63) is 29.8 Å². The van der Waals surface area contributed by atoms with Crippen LogP contribution in [0.2, 0.25) is 0 Å². The molecular weight excluding hydrogens is 538 g/mol. The van der Waals surface area contributed by atoms with Crippen LogP contribution < -0.4 is 10.1 Å². The van der Waals surface area contributed by atoms with Crippen LogP contribution in [0.1, 0.15) is 58.3 Å². The number of rotatable bonds is 15. The molecular formula is C25H37NO12S. The number of esters is 1. The highest BCUT2D eigenvalue weighted by atomic mass is 32.2. The van der Waals surface area contributed by atoms with E-state index in [0.717, 1.165) is 0 Å². The minimum absolute atomic E-state index is 0.0440. The fourth-order valence-corrected chi connectivity index (χ4v) is 4.66. The number of aliphatic carboxylic acids is 1. The molecule has 0 aromatic heterocycles. The Labute approximate surface area is 227 Å². The molecule has 0 bridgehead atoms. The first-order valence-electron chi connectivity index (χ1n) is 12.2. The Morgan fingerprint density at radius 1 is 1.10 bits per heavy atom. The molecule has 39 heavy (non-hydrogen) atoms. The summed E-state index contributed by atoms with van der Waals surface area (Å²) in [5.41, 5.74) is -4.74.